The van der Waals surface area contributed by atoms with Gasteiger partial charge in [-0.3, -0.25) is 0 Å². The molecule has 2 aliphatic carbocycles. The van der Waals surface area contributed by atoms with Crippen LogP contribution in [0.25, 0.3) is 0 Å². The van der Waals surface area contributed by atoms with Gasteiger partial charge in [0.25, 0.3) is 0 Å². The minimum atomic E-state index is 0.810. The van der Waals surface area contributed by atoms with Crippen molar-refractivity contribution in [1.82, 2.24) is 5.32 Å². The highest BCUT2D eigenvalue weighted by Crippen LogP contribution is 2.39. The molecular formula is C14H21N. The highest BCUT2D eigenvalue weighted by atomic mass is 14.9. The third-order valence-electron chi connectivity index (χ3n) is 4.50. The predicted octanol–water partition coefficient (Wildman–Crippen LogP) is 2.90. The van der Waals surface area contributed by atoms with Crippen LogP contribution >= 0.6 is 0 Å². The van der Waals surface area contributed by atoms with Crippen LogP contribution in [0.15, 0.2) is 24.3 Å². The molecule has 1 N–H and O–H groups in total. The third-order valence-corrected chi connectivity index (χ3v) is 4.50. The van der Waals surface area contributed by atoms with Gasteiger partial charge in [-0.15, -0.1) is 0 Å². The van der Waals surface area contributed by atoms with Crippen LogP contribution < -0.4 is 5.32 Å². The lowest BCUT2D eigenvalue weighted by Crippen LogP contribution is -2.40. The highest BCUT2D eigenvalue weighted by Gasteiger charge is 2.36. The molecule has 3 rings (SSSR count). The van der Waals surface area contributed by atoms with E-state index >= 15 is 0 Å². The molecule has 1 heterocycles. The second kappa shape index (κ2) is 4.13. The zero-order chi connectivity index (χ0) is 10.1. The van der Waals surface area contributed by atoms with E-state index in [9.17, 15) is 0 Å². The molecule has 1 aliphatic heterocycles. The summed E-state index contributed by atoms with van der Waals surface area (Å²) in [5.74, 6) is 2.55. The number of hydrogen-bond acceptors (Lipinski definition) is 1. The minimum Gasteiger partial charge on any atom is -0.314 e. The van der Waals surface area contributed by atoms with E-state index in [0.29, 0.717) is 0 Å². The summed E-state index contributed by atoms with van der Waals surface area (Å²) in [4.78, 5) is 0. The second-order valence-corrected chi connectivity index (χ2v) is 5.31. The van der Waals surface area contributed by atoms with Gasteiger partial charge in [-0.1, -0.05) is 37.1 Å². The van der Waals surface area contributed by atoms with Crippen LogP contribution in [-0.4, -0.2) is 12.6 Å². The number of rotatable bonds is 0. The Bertz CT molecular complexity index is 279. The van der Waals surface area contributed by atoms with Crippen molar-refractivity contribution in [2.24, 2.45) is 17.8 Å². The molecule has 3 aliphatic rings. The maximum Gasteiger partial charge on any atom is 0.0101 e. The first-order valence-electron chi connectivity index (χ1n) is 6.53. The molecule has 1 saturated carbocycles. The summed E-state index contributed by atoms with van der Waals surface area (Å²) in [6, 6.07) is 0.810. The van der Waals surface area contributed by atoms with Gasteiger partial charge >= 0.3 is 0 Å². The van der Waals surface area contributed by atoms with Crippen LogP contribution in [0, 0.1) is 17.8 Å². The average molecular weight is 203 g/mol. The Morgan fingerprint density at radius 3 is 2.80 bits per heavy atom. The monoisotopic (exact) mass is 203 g/mol. The first kappa shape index (κ1) is 9.65. The lowest BCUT2D eigenvalue weighted by Gasteiger charge is -2.37. The number of nitrogens with one attached hydrogen (secondary N) is 1. The van der Waals surface area contributed by atoms with Gasteiger partial charge in [0, 0.05) is 6.04 Å². The van der Waals surface area contributed by atoms with Crippen molar-refractivity contribution in [3.8, 4) is 0 Å². The largest absolute Gasteiger partial charge is 0.314 e. The van der Waals surface area contributed by atoms with Gasteiger partial charge in [0.1, 0.15) is 0 Å². The van der Waals surface area contributed by atoms with E-state index < -0.39 is 0 Å². The summed E-state index contributed by atoms with van der Waals surface area (Å²) >= 11 is 0. The Balaban J connectivity index is 1.84. The summed E-state index contributed by atoms with van der Waals surface area (Å²) in [5.41, 5.74) is 0. The van der Waals surface area contributed by atoms with Crippen LogP contribution in [0.3, 0.4) is 0 Å². The smallest absolute Gasteiger partial charge is 0.0101 e. The fourth-order valence-corrected chi connectivity index (χ4v) is 3.73. The second-order valence-electron chi connectivity index (χ2n) is 5.31. The van der Waals surface area contributed by atoms with E-state index in [4.69, 9.17) is 0 Å². The molecule has 0 aromatic carbocycles. The Morgan fingerprint density at radius 2 is 1.80 bits per heavy atom. The van der Waals surface area contributed by atoms with Gasteiger partial charge in [0.05, 0.1) is 0 Å². The zero-order valence-corrected chi connectivity index (χ0v) is 9.36. The molecule has 0 spiro atoms. The maximum absolute atomic E-state index is 3.77. The maximum atomic E-state index is 3.77. The molecule has 2 fully saturated rings. The molecule has 0 aromatic rings. The van der Waals surface area contributed by atoms with Crippen molar-refractivity contribution in [2.75, 3.05) is 6.54 Å². The molecule has 1 saturated heterocycles. The van der Waals surface area contributed by atoms with E-state index in [1.165, 1.54) is 38.6 Å². The van der Waals surface area contributed by atoms with Gasteiger partial charge in [0.2, 0.25) is 0 Å². The van der Waals surface area contributed by atoms with Crippen LogP contribution in [0.1, 0.15) is 32.1 Å². The molecule has 4 atom stereocenters. The lowest BCUT2D eigenvalue weighted by atomic mass is 9.70. The summed E-state index contributed by atoms with van der Waals surface area (Å²) in [6.07, 6.45) is 16.5. The van der Waals surface area contributed by atoms with E-state index in [1.807, 2.05) is 0 Å². The average Bonchev–Trinajstić information content (AvgIpc) is 2.48. The predicted molar refractivity (Wildman–Crippen MR) is 63.6 cm³/mol. The molecule has 1 heteroatoms. The Labute approximate surface area is 92.6 Å². The van der Waals surface area contributed by atoms with Gasteiger partial charge in [0.15, 0.2) is 0 Å². The van der Waals surface area contributed by atoms with Crippen molar-refractivity contribution in [3.05, 3.63) is 24.3 Å². The summed E-state index contributed by atoms with van der Waals surface area (Å²) in [5, 5.41) is 3.77. The Hall–Kier alpha value is -0.560. The van der Waals surface area contributed by atoms with Crippen molar-refractivity contribution < 1.29 is 0 Å². The van der Waals surface area contributed by atoms with Gasteiger partial charge < -0.3 is 5.32 Å². The SMILES string of the molecule is C1=CC2CCNC3CCCCC3C2C=C1. The van der Waals surface area contributed by atoms with E-state index in [-0.39, 0.29) is 0 Å². The molecule has 1 nitrogen and oxygen atoms in total. The van der Waals surface area contributed by atoms with Crippen LogP contribution in [0.4, 0.5) is 0 Å². The number of hydrogen-bond donors (Lipinski definition) is 1. The Kier molecular flexibility index (Phi) is 2.66. The third kappa shape index (κ3) is 1.78. The zero-order valence-electron chi connectivity index (χ0n) is 9.36. The molecule has 82 valence electrons. The minimum absolute atomic E-state index is 0.810. The topological polar surface area (TPSA) is 12.0 Å². The van der Waals surface area contributed by atoms with Crippen molar-refractivity contribution in [2.45, 2.75) is 38.1 Å². The van der Waals surface area contributed by atoms with Gasteiger partial charge in [-0.25, -0.2) is 0 Å². The molecule has 0 radical (unpaired) electrons. The molecule has 4 unspecified atom stereocenters. The molecule has 0 amide bonds. The summed E-state index contributed by atoms with van der Waals surface area (Å²) < 4.78 is 0. The number of fused-ring (bicyclic) bond motifs is 3. The highest BCUT2D eigenvalue weighted by molar-refractivity contribution is 5.17. The quantitative estimate of drug-likeness (QED) is 0.638. The van der Waals surface area contributed by atoms with Crippen LogP contribution in [-0.2, 0) is 0 Å². The van der Waals surface area contributed by atoms with Crippen molar-refractivity contribution >= 4 is 0 Å². The molecule has 0 aromatic heterocycles. The Morgan fingerprint density at radius 1 is 0.933 bits per heavy atom. The first-order valence-corrected chi connectivity index (χ1v) is 6.53. The fourth-order valence-electron chi connectivity index (χ4n) is 3.73. The van der Waals surface area contributed by atoms with Crippen molar-refractivity contribution in [3.63, 3.8) is 0 Å². The van der Waals surface area contributed by atoms with E-state index in [0.717, 1.165) is 23.8 Å². The van der Waals surface area contributed by atoms with Gasteiger partial charge in [-0.05, 0) is 43.6 Å². The van der Waals surface area contributed by atoms with E-state index in [2.05, 4.69) is 29.6 Å². The standard InChI is InChI=1S/C14H21N/c1-2-6-12-11(5-1)9-10-15-14-8-4-3-7-13(12)14/h1-2,5-6,11-15H,3-4,7-10H2. The van der Waals surface area contributed by atoms with Gasteiger partial charge in [-0.2, -0.15) is 0 Å². The molecule has 0 bridgehead atoms. The lowest BCUT2D eigenvalue weighted by molar-refractivity contribution is 0.210. The van der Waals surface area contributed by atoms with Crippen molar-refractivity contribution in [1.29, 1.82) is 0 Å². The normalized spacial score (nSPS) is 44.3. The molecule has 15 heavy (non-hydrogen) atoms. The number of allylic oxidation sites excluding steroid dienone is 4. The fraction of sp³-hybridized carbons (Fsp3) is 0.714. The van der Waals surface area contributed by atoms with Crippen LogP contribution in [0.2, 0.25) is 0 Å². The van der Waals surface area contributed by atoms with E-state index in [1.54, 1.807) is 0 Å². The molecular weight excluding hydrogens is 182 g/mol. The summed E-state index contributed by atoms with van der Waals surface area (Å²) in [6.45, 7) is 1.22. The summed E-state index contributed by atoms with van der Waals surface area (Å²) in [7, 11) is 0. The first-order chi connectivity index (χ1) is 7.45. The van der Waals surface area contributed by atoms with Crippen LogP contribution in [0.5, 0.6) is 0 Å².